The van der Waals surface area contributed by atoms with Crippen molar-refractivity contribution in [2.45, 2.75) is 6.92 Å². The fourth-order valence-corrected chi connectivity index (χ4v) is 1.77. The summed E-state index contributed by atoms with van der Waals surface area (Å²) in [6.45, 7) is 1.58. The third-order valence-corrected chi connectivity index (χ3v) is 3.03. The first-order chi connectivity index (χ1) is 8.99. The number of amides is 1. The molecule has 0 saturated carbocycles. The van der Waals surface area contributed by atoms with Gasteiger partial charge in [-0.3, -0.25) is 4.79 Å². The number of anilines is 1. The first-order valence-electron chi connectivity index (χ1n) is 5.54. The van der Waals surface area contributed by atoms with Crippen molar-refractivity contribution in [3.8, 4) is 5.75 Å². The van der Waals surface area contributed by atoms with Crippen molar-refractivity contribution in [2.75, 3.05) is 5.32 Å². The number of carbonyl (C=O) groups is 1. The molecule has 5 heteroatoms. The molecule has 0 bridgehead atoms. The standard InChI is InChI=1S/C14H11ClFNO2/c1-8-11(16)3-2-4-12(8)17-14(19)9-5-6-13(18)10(15)7-9/h2-7,18H,1H3,(H,17,19). The van der Waals surface area contributed by atoms with Gasteiger partial charge in [0, 0.05) is 16.8 Å². The third-order valence-electron chi connectivity index (χ3n) is 2.73. The number of phenols is 1. The highest BCUT2D eigenvalue weighted by Crippen LogP contribution is 2.24. The Morgan fingerprint density at radius 2 is 2.05 bits per heavy atom. The molecule has 2 rings (SSSR count). The fourth-order valence-electron chi connectivity index (χ4n) is 1.59. The second kappa shape index (κ2) is 5.28. The summed E-state index contributed by atoms with van der Waals surface area (Å²) in [5.41, 5.74) is 1.04. The van der Waals surface area contributed by atoms with Crippen LogP contribution in [-0.4, -0.2) is 11.0 Å². The van der Waals surface area contributed by atoms with Crippen LogP contribution in [0.5, 0.6) is 5.75 Å². The average molecular weight is 280 g/mol. The minimum atomic E-state index is -0.421. The molecule has 0 aliphatic heterocycles. The first kappa shape index (κ1) is 13.4. The van der Waals surface area contributed by atoms with Crippen molar-refractivity contribution in [1.82, 2.24) is 0 Å². The number of aromatic hydroxyl groups is 1. The lowest BCUT2D eigenvalue weighted by atomic mass is 10.1. The highest BCUT2D eigenvalue weighted by molar-refractivity contribution is 6.32. The topological polar surface area (TPSA) is 49.3 Å². The van der Waals surface area contributed by atoms with Gasteiger partial charge in [0.1, 0.15) is 11.6 Å². The molecular weight excluding hydrogens is 269 g/mol. The van der Waals surface area contributed by atoms with Gasteiger partial charge in [-0.1, -0.05) is 17.7 Å². The normalized spacial score (nSPS) is 10.3. The molecule has 2 N–H and O–H groups in total. The van der Waals surface area contributed by atoms with Crippen LogP contribution in [0.3, 0.4) is 0 Å². The molecule has 19 heavy (non-hydrogen) atoms. The predicted molar refractivity (Wildman–Crippen MR) is 72.2 cm³/mol. The third kappa shape index (κ3) is 2.85. The zero-order valence-corrected chi connectivity index (χ0v) is 10.8. The van der Waals surface area contributed by atoms with Crippen molar-refractivity contribution in [1.29, 1.82) is 0 Å². The highest BCUT2D eigenvalue weighted by atomic mass is 35.5. The Balaban J connectivity index is 2.26. The second-order valence-corrected chi connectivity index (χ2v) is 4.44. The van der Waals surface area contributed by atoms with Gasteiger partial charge < -0.3 is 10.4 Å². The van der Waals surface area contributed by atoms with Crippen LogP contribution in [0.4, 0.5) is 10.1 Å². The Bertz CT molecular complexity index is 643. The van der Waals surface area contributed by atoms with E-state index in [4.69, 9.17) is 11.6 Å². The van der Waals surface area contributed by atoms with E-state index in [1.165, 1.54) is 30.3 Å². The summed E-state index contributed by atoms with van der Waals surface area (Å²) in [6, 6.07) is 8.56. The Labute approximate surface area is 114 Å². The van der Waals surface area contributed by atoms with E-state index in [0.29, 0.717) is 11.3 Å². The van der Waals surface area contributed by atoms with Crippen LogP contribution in [-0.2, 0) is 0 Å². The van der Waals surface area contributed by atoms with Gasteiger partial charge in [0.2, 0.25) is 0 Å². The van der Waals surface area contributed by atoms with Gasteiger partial charge >= 0.3 is 0 Å². The lowest BCUT2D eigenvalue weighted by molar-refractivity contribution is 0.102. The van der Waals surface area contributed by atoms with Gasteiger partial charge in [0.05, 0.1) is 5.02 Å². The molecule has 2 aromatic carbocycles. The van der Waals surface area contributed by atoms with Gasteiger partial charge in [-0.2, -0.15) is 0 Å². The summed E-state index contributed by atoms with van der Waals surface area (Å²) in [4.78, 5) is 12.0. The average Bonchev–Trinajstić information content (AvgIpc) is 2.38. The molecule has 1 amide bonds. The maximum atomic E-state index is 13.3. The molecule has 0 fully saturated rings. The minimum absolute atomic E-state index is 0.0867. The molecular formula is C14H11ClFNO2. The summed E-state index contributed by atoms with van der Waals surface area (Å²) in [7, 11) is 0. The van der Waals surface area contributed by atoms with Gasteiger partial charge in [0.25, 0.3) is 5.91 Å². The number of benzene rings is 2. The van der Waals surface area contributed by atoms with E-state index in [0.717, 1.165) is 0 Å². The molecule has 0 spiro atoms. The van der Waals surface area contributed by atoms with Crippen molar-refractivity contribution < 1.29 is 14.3 Å². The van der Waals surface area contributed by atoms with E-state index in [-0.39, 0.29) is 22.2 Å². The summed E-state index contributed by atoms with van der Waals surface area (Å²) < 4.78 is 13.3. The monoisotopic (exact) mass is 279 g/mol. The van der Waals surface area contributed by atoms with Gasteiger partial charge in [-0.05, 0) is 37.3 Å². The number of nitrogens with one attached hydrogen (secondary N) is 1. The molecule has 0 unspecified atom stereocenters. The Morgan fingerprint density at radius 1 is 1.32 bits per heavy atom. The largest absolute Gasteiger partial charge is 0.506 e. The number of carbonyl (C=O) groups excluding carboxylic acids is 1. The van der Waals surface area contributed by atoms with E-state index >= 15 is 0 Å². The smallest absolute Gasteiger partial charge is 0.255 e. The van der Waals surface area contributed by atoms with Crippen molar-refractivity contribution >= 4 is 23.2 Å². The molecule has 0 aliphatic rings. The zero-order valence-electron chi connectivity index (χ0n) is 10.1. The zero-order chi connectivity index (χ0) is 14.0. The first-order valence-corrected chi connectivity index (χ1v) is 5.92. The molecule has 2 aromatic rings. The van der Waals surface area contributed by atoms with Crippen LogP contribution in [0.25, 0.3) is 0 Å². The minimum Gasteiger partial charge on any atom is -0.506 e. The van der Waals surface area contributed by atoms with Crippen molar-refractivity contribution in [3.63, 3.8) is 0 Å². The van der Waals surface area contributed by atoms with Crippen LogP contribution >= 0.6 is 11.6 Å². The van der Waals surface area contributed by atoms with Crippen molar-refractivity contribution in [3.05, 3.63) is 58.4 Å². The van der Waals surface area contributed by atoms with Crippen LogP contribution in [0.2, 0.25) is 5.02 Å². The Hall–Kier alpha value is -2.07. The lowest BCUT2D eigenvalue weighted by Crippen LogP contribution is -2.13. The van der Waals surface area contributed by atoms with Gasteiger partial charge in [0.15, 0.2) is 0 Å². The molecule has 0 heterocycles. The molecule has 3 nitrogen and oxygen atoms in total. The predicted octanol–water partition coefficient (Wildman–Crippen LogP) is 3.75. The Morgan fingerprint density at radius 3 is 2.74 bits per heavy atom. The van der Waals surface area contributed by atoms with E-state index < -0.39 is 5.91 Å². The quantitative estimate of drug-likeness (QED) is 0.880. The van der Waals surface area contributed by atoms with Crippen LogP contribution in [0.1, 0.15) is 15.9 Å². The summed E-state index contributed by atoms with van der Waals surface area (Å²) in [6.07, 6.45) is 0. The number of halogens is 2. The molecule has 0 atom stereocenters. The SMILES string of the molecule is Cc1c(F)cccc1NC(=O)c1ccc(O)c(Cl)c1. The maximum absolute atomic E-state index is 13.3. The van der Waals surface area contributed by atoms with E-state index in [9.17, 15) is 14.3 Å². The number of hydrogen-bond donors (Lipinski definition) is 2. The maximum Gasteiger partial charge on any atom is 0.255 e. The van der Waals surface area contributed by atoms with E-state index in [2.05, 4.69) is 5.32 Å². The molecule has 0 aromatic heterocycles. The van der Waals surface area contributed by atoms with Gasteiger partial charge in [-0.25, -0.2) is 4.39 Å². The summed E-state index contributed by atoms with van der Waals surface area (Å²) in [5, 5.41) is 12.0. The fraction of sp³-hybridized carbons (Fsp3) is 0.0714. The number of hydrogen-bond acceptors (Lipinski definition) is 2. The number of rotatable bonds is 2. The van der Waals surface area contributed by atoms with Gasteiger partial charge in [-0.15, -0.1) is 0 Å². The summed E-state index contributed by atoms with van der Waals surface area (Å²) >= 11 is 5.73. The molecule has 0 radical (unpaired) electrons. The molecule has 98 valence electrons. The van der Waals surface area contributed by atoms with Crippen LogP contribution in [0.15, 0.2) is 36.4 Å². The molecule has 0 saturated heterocycles. The lowest BCUT2D eigenvalue weighted by Gasteiger charge is -2.09. The summed E-state index contributed by atoms with van der Waals surface area (Å²) in [5.74, 6) is -0.905. The van der Waals surface area contributed by atoms with E-state index in [1.54, 1.807) is 13.0 Å². The van der Waals surface area contributed by atoms with Crippen LogP contribution < -0.4 is 5.32 Å². The number of phenolic OH excluding ortho intramolecular Hbond substituents is 1. The highest BCUT2D eigenvalue weighted by Gasteiger charge is 2.11. The van der Waals surface area contributed by atoms with Crippen molar-refractivity contribution in [2.24, 2.45) is 0 Å². The van der Waals surface area contributed by atoms with Crippen LogP contribution in [0, 0.1) is 12.7 Å². The molecule has 0 aliphatic carbocycles. The second-order valence-electron chi connectivity index (χ2n) is 4.03. The Kier molecular flexibility index (Phi) is 3.71. The van der Waals surface area contributed by atoms with E-state index in [1.807, 2.05) is 0 Å².